The molecule has 1 aliphatic carbocycles. The number of azide groups is 1. The van der Waals surface area contributed by atoms with Gasteiger partial charge in [0.25, 0.3) is 0 Å². The van der Waals surface area contributed by atoms with Gasteiger partial charge < -0.3 is 14.0 Å². The van der Waals surface area contributed by atoms with Crippen molar-refractivity contribution in [3.63, 3.8) is 0 Å². The van der Waals surface area contributed by atoms with Crippen molar-refractivity contribution in [3.05, 3.63) is 28.3 Å². The molecular formula is C14H16ClN7O2. The first-order chi connectivity index (χ1) is 11.5. The largest absolute Gasteiger partial charge is 0.344 e. The van der Waals surface area contributed by atoms with Crippen LogP contribution in [-0.4, -0.2) is 44.1 Å². The standard InChI is InChI=1S/C14H16ClN7O2/c1-14(2)23-10-7(4-20-21-16)3-8(11(10)24-14)22-6-19-9-12(15)17-5-18-13(9)22/h5-8,10-11H,3-4H2,1-2H3. The summed E-state index contributed by atoms with van der Waals surface area (Å²) in [6.45, 7) is 4.14. The third kappa shape index (κ3) is 2.41. The lowest BCUT2D eigenvalue weighted by molar-refractivity contribution is -0.159. The van der Waals surface area contributed by atoms with Crippen LogP contribution in [0.15, 0.2) is 17.8 Å². The third-order valence-electron chi connectivity index (χ3n) is 4.60. The number of hydrogen-bond donors (Lipinski definition) is 0. The van der Waals surface area contributed by atoms with Crippen LogP contribution in [0.5, 0.6) is 0 Å². The average Bonchev–Trinajstić information content (AvgIpc) is 3.17. The predicted molar refractivity (Wildman–Crippen MR) is 85.3 cm³/mol. The summed E-state index contributed by atoms with van der Waals surface area (Å²) < 4.78 is 14.1. The highest BCUT2D eigenvalue weighted by Gasteiger charge is 2.54. The highest BCUT2D eigenvalue weighted by Crippen LogP contribution is 2.47. The average molecular weight is 350 g/mol. The molecule has 2 fully saturated rings. The van der Waals surface area contributed by atoms with Crippen molar-refractivity contribution >= 4 is 22.8 Å². The number of halogens is 1. The molecule has 1 saturated heterocycles. The second kappa shape index (κ2) is 5.56. The molecule has 0 aromatic carbocycles. The van der Waals surface area contributed by atoms with E-state index in [-0.39, 0.29) is 24.2 Å². The minimum atomic E-state index is -0.675. The molecule has 3 heterocycles. The van der Waals surface area contributed by atoms with Gasteiger partial charge in [0.2, 0.25) is 0 Å². The molecule has 0 N–H and O–H groups in total. The number of rotatable bonds is 3. The monoisotopic (exact) mass is 349 g/mol. The fourth-order valence-electron chi connectivity index (χ4n) is 3.72. The summed E-state index contributed by atoms with van der Waals surface area (Å²) in [7, 11) is 0. The Hall–Kier alpha value is -1.93. The van der Waals surface area contributed by atoms with Crippen LogP contribution < -0.4 is 0 Å². The highest BCUT2D eigenvalue weighted by atomic mass is 35.5. The molecule has 4 atom stereocenters. The van der Waals surface area contributed by atoms with E-state index < -0.39 is 5.79 Å². The smallest absolute Gasteiger partial charge is 0.165 e. The minimum Gasteiger partial charge on any atom is -0.344 e. The molecule has 4 rings (SSSR count). The van der Waals surface area contributed by atoms with Crippen molar-refractivity contribution in [1.82, 2.24) is 19.5 Å². The maximum Gasteiger partial charge on any atom is 0.165 e. The molecule has 10 heteroatoms. The minimum absolute atomic E-state index is 0.0216. The first-order valence-corrected chi connectivity index (χ1v) is 8.07. The Balaban J connectivity index is 1.74. The first kappa shape index (κ1) is 15.6. The van der Waals surface area contributed by atoms with Gasteiger partial charge in [-0.1, -0.05) is 16.7 Å². The zero-order chi connectivity index (χ0) is 16.9. The molecule has 0 bridgehead atoms. The lowest BCUT2D eigenvalue weighted by Gasteiger charge is -2.23. The molecule has 1 saturated carbocycles. The molecule has 0 spiro atoms. The lowest BCUT2D eigenvalue weighted by atomic mass is 10.1. The summed E-state index contributed by atoms with van der Waals surface area (Å²) in [6.07, 6.45) is 3.58. The van der Waals surface area contributed by atoms with Gasteiger partial charge in [-0.25, -0.2) is 15.0 Å². The van der Waals surface area contributed by atoms with Crippen LogP contribution in [0, 0.1) is 5.92 Å². The van der Waals surface area contributed by atoms with Crippen molar-refractivity contribution in [3.8, 4) is 0 Å². The molecule has 24 heavy (non-hydrogen) atoms. The number of ether oxygens (including phenoxy) is 2. The van der Waals surface area contributed by atoms with E-state index in [1.807, 2.05) is 18.4 Å². The molecule has 0 radical (unpaired) electrons. The fourth-order valence-corrected chi connectivity index (χ4v) is 3.89. The van der Waals surface area contributed by atoms with Crippen LogP contribution in [0.4, 0.5) is 0 Å². The quantitative estimate of drug-likeness (QED) is 0.366. The van der Waals surface area contributed by atoms with E-state index in [2.05, 4.69) is 25.0 Å². The lowest BCUT2D eigenvalue weighted by Crippen LogP contribution is -2.27. The van der Waals surface area contributed by atoms with Gasteiger partial charge in [-0.05, 0) is 31.7 Å². The Morgan fingerprint density at radius 3 is 2.96 bits per heavy atom. The Morgan fingerprint density at radius 1 is 1.38 bits per heavy atom. The van der Waals surface area contributed by atoms with E-state index in [0.717, 1.165) is 6.42 Å². The van der Waals surface area contributed by atoms with E-state index in [0.29, 0.717) is 22.9 Å². The van der Waals surface area contributed by atoms with Crippen LogP contribution in [0.25, 0.3) is 21.6 Å². The van der Waals surface area contributed by atoms with Gasteiger partial charge in [0.15, 0.2) is 16.6 Å². The topological polar surface area (TPSA) is 111 Å². The maximum absolute atomic E-state index is 8.63. The predicted octanol–water partition coefficient (Wildman–Crippen LogP) is 2.87. The van der Waals surface area contributed by atoms with Crippen LogP contribution in [-0.2, 0) is 9.47 Å². The second-order valence-electron chi connectivity index (χ2n) is 6.53. The number of fused-ring (bicyclic) bond motifs is 2. The number of imidazole rings is 1. The van der Waals surface area contributed by atoms with Gasteiger partial charge in [-0.3, -0.25) is 0 Å². The van der Waals surface area contributed by atoms with E-state index in [1.54, 1.807) is 6.33 Å². The summed E-state index contributed by atoms with van der Waals surface area (Å²) >= 11 is 6.09. The Morgan fingerprint density at radius 2 is 2.17 bits per heavy atom. The van der Waals surface area contributed by atoms with Crippen LogP contribution in [0.3, 0.4) is 0 Å². The van der Waals surface area contributed by atoms with Crippen molar-refractivity contribution in [1.29, 1.82) is 0 Å². The van der Waals surface area contributed by atoms with E-state index in [1.165, 1.54) is 6.33 Å². The van der Waals surface area contributed by atoms with E-state index in [9.17, 15) is 0 Å². The first-order valence-electron chi connectivity index (χ1n) is 7.70. The van der Waals surface area contributed by atoms with Crippen molar-refractivity contribution < 1.29 is 9.47 Å². The summed E-state index contributed by atoms with van der Waals surface area (Å²) in [5, 5.41) is 4.05. The Labute approximate surface area is 142 Å². The summed E-state index contributed by atoms with van der Waals surface area (Å²) in [6, 6.07) is -0.0216. The second-order valence-corrected chi connectivity index (χ2v) is 6.89. The van der Waals surface area contributed by atoms with Gasteiger partial charge in [0.05, 0.1) is 18.5 Å². The third-order valence-corrected chi connectivity index (χ3v) is 4.88. The molecule has 2 aromatic heterocycles. The van der Waals surface area contributed by atoms with Gasteiger partial charge in [0, 0.05) is 11.5 Å². The van der Waals surface area contributed by atoms with Gasteiger partial charge in [-0.15, -0.1) is 0 Å². The van der Waals surface area contributed by atoms with Crippen LogP contribution in [0.1, 0.15) is 26.3 Å². The number of nitrogens with zero attached hydrogens (tertiary/aromatic N) is 7. The Kier molecular flexibility index (Phi) is 3.61. The summed E-state index contributed by atoms with van der Waals surface area (Å²) in [4.78, 5) is 15.5. The van der Waals surface area contributed by atoms with Crippen LogP contribution >= 0.6 is 11.6 Å². The zero-order valence-corrected chi connectivity index (χ0v) is 14.0. The van der Waals surface area contributed by atoms with Gasteiger partial charge in [-0.2, -0.15) is 0 Å². The molecule has 9 nitrogen and oxygen atoms in total. The van der Waals surface area contributed by atoms with E-state index >= 15 is 0 Å². The van der Waals surface area contributed by atoms with Crippen molar-refractivity contribution in [2.24, 2.45) is 11.0 Å². The van der Waals surface area contributed by atoms with Crippen molar-refractivity contribution in [2.75, 3.05) is 6.54 Å². The van der Waals surface area contributed by atoms with Crippen molar-refractivity contribution in [2.45, 2.75) is 44.3 Å². The molecule has 1 aliphatic heterocycles. The maximum atomic E-state index is 8.63. The Bertz CT molecular complexity index is 832. The SMILES string of the molecule is CC1(C)OC2C(CN=[N+]=[N-])CC(n3cnc4c(Cl)ncnc43)C2O1. The molecular weight excluding hydrogens is 334 g/mol. The zero-order valence-electron chi connectivity index (χ0n) is 13.2. The van der Waals surface area contributed by atoms with Gasteiger partial charge in [0.1, 0.15) is 17.9 Å². The molecule has 126 valence electrons. The summed E-state index contributed by atoms with van der Waals surface area (Å²) in [5.41, 5.74) is 9.86. The summed E-state index contributed by atoms with van der Waals surface area (Å²) in [5.74, 6) is -0.599. The number of hydrogen-bond acceptors (Lipinski definition) is 6. The normalized spacial score (nSPS) is 31.1. The number of aromatic nitrogens is 4. The molecule has 4 unspecified atom stereocenters. The molecule has 2 aromatic rings. The van der Waals surface area contributed by atoms with Crippen LogP contribution in [0.2, 0.25) is 5.15 Å². The molecule has 0 amide bonds. The fraction of sp³-hybridized carbons (Fsp3) is 0.643. The van der Waals surface area contributed by atoms with E-state index in [4.69, 9.17) is 26.6 Å². The molecule has 2 aliphatic rings. The highest BCUT2D eigenvalue weighted by molar-refractivity contribution is 6.33. The van der Waals surface area contributed by atoms with Gasteiger partial charge >= 0.3 is 0 Å².